The van der Waals surface area contributed by atoms with Crippen molar-refractivity contribution in [1.82, 2.24) is 10.3 Å². The van der Waals surface area contributed by atoms with Gasteiger partial charge in [0.1, 0.15) is 5.70 Å². The first-order valence-corrected chi connectivity index (χ1v) is 15.7. The van der Waals surface area contributed by atoms with Crippen LogP contribution in [-0.2, 0) is 9.59 Å². The molecule has 5 rings (SSSR count). The van der Waals surface area contributed by atoms with Crippen LogP contribution in [0, 0.1) is 10.1 Å². The van der Waals surface area contributed by atoms with Gasteiger partial charge in [-0.2, -0.15) is 0 Å². The maximum Gasteiger partial charge on any atom is 0.276 e. The van der Waals surface area contributed by atoms with Crippen molar-refractivity contribution in [3.8, 4) is 11.3 Å². The highest BCUT2D eigenvalue weighted by Gasteiger charge is 2.20. The predicted octanol–water partition coefficient (Wildman–Crippen LogP) is 7.25. The minimum Gasteiger partial charge on any atom is -0.321 e. The molecule has 0 saturated carbocycles. The number of rotatable bonds is 11. The smallest absolute Gasteiger partial charge is 0.276 e. The van der Waals surface area contributed by atoms with E-state index in [9.17, 15) is 24.5 Å². The first kappa shape index (κ1) is 31.8. The Hall–Kier alpha value is -5.59. The van der Waals surface area contributed by atoms with E-state index in [2.05, 4.69) is 20.9 Å². The highest BCUT2D eigenvalue weighted by atomic mass is 32.2. The average Bonchev–Trinajstić information content (AvgIpc) is 3.54. The molecule has 4 aromatic carbocycles. The molecule has 3 amide bonds. The largest absolute Gasteiger partial charge is 0.321 e. The van der Waals surface area contributed by atoms with E-state index in [1.54, 1.807) is 61.5 Å². The number of carbonyl (C=O) groups is 3. The lowest BCUT2D eigenvalue weighted by Crippen LogP contribution is -2.30. The van der Waals surface area contributed by atoms with Crippen LogP contribution in [0.4, 0.5) is 16.5 Å². The Labute approximate surface area is 272 Å². The van der Waals surface area contributed by atoms with Crippen LogP contribution in [-0.4, -0.2) is 32.9 Å². The van der Waals surface area contributed by atoms with Gasteiger partial charge in [0.2, 0.25) is 5.91 Å². The normalized spacial score (nSPS) is 11.7. The Morgan fingerprint density at radius 2 is 1.59 bits per heavy atom. The zero-order valence-corrected chi connectivity index (χ0v) is 26.0. The lowest BCUT2D eigenvalue weighted by Gasteiger charge is -2.13. The lowest BCUT2D eigenvalue weighted by molar-refractivity contribution is -0.385. The highest BCUT2D eigenvalue weighted by Crippen LogP contribution is 2.29. The number of amides is 3. The van der Waals surface area contributed by atoms with Crippen molar-refractivity contribution in [3.63, 3.8) is 0 Å². The second kappa shape index (κ2) is 14.9. The minimum atomic E-state index is -0.687. The molecule has 0 bridgehead atoms. The fourth-order valence-corrected chi connectivity index (χ4v) is 5.91. The van der Waals surface area contributed by atoms with Crippen LogP contribution in [0.15, 0.2) is 125 Å². The van der Waals surface area contributed by atoms with Crippen LogP contribution in [0.5, 0.6) is 0 Å². The summed E-state index contributed by atoms with van der Waals surface area (Å²) in [6.45, 7) is 1.77. The third kappa shape index (κ3) is 8.31. The van der Waals surface area contributed by atoms with Crippen molar-refractivity contribution in [2.45, 2.75) is 17.1 Å². The number of thioether (sulfide) groups is 1. The molecule has 1 unspecified atom stereocenters. The molecule has 0 aliphatic rings. The summed E-state index contributed by atoms with van der Waals surface area (Å²) < 4.78 is 0. The third-order valence-corrected chi connectivity index (χ3v) is 8.39. The molecule has 0 fully saturated rings. The van der Waals surface area contributed by atoms with Crippen LogP contribution >= 0.6 is 23.1 Å². The molecule has 46 heavy (non-hydrogen) atoms. The predicted molar refractivity (Wildman–Crippen MR) is 182 cm³/mol. The van der Waals surface area contributed by atoms with Crippen molar-refractivity contribution in [2.24, 2.45) is 0 Å². The second-order valence-corrected chi connectivity index (χ2v) is 12.1. The van der Waals surface area contributed by atoms with E-state index in [1.165, 1.54) is 47.4 Å². The molecule has 0 aliphatic carbocycles. The summed E-state index contributed by atoms with van der Waals surface area (Å²) in [5, 5.41) is 21.7. The molecule has 10 nitrogen and oxygen atoms in total. The number of nitro groups is 1. The summed E-state index contributed by atoms with van der Waals surface area (Å²) in [5.74, 6) is -1.47. The molecule has 5 aromatic rings. The van der Waals surface area contributed by atoms with E-state index in [-0.39, 0.29) is 22.9 Å². The van der Waals surface area contributed by atoms with Gasteiger partial charge in [0, 0.05) is 33.2 Å². The van der Waals surface area contributed by atoms with E-state index >= 15 is 0 Å². The van der Waals surface area contributed by atoms with Gasteiger partial charge < -0.3 is 16.0 Å². The van der Waals surface area contributed by atoms with Gasteiger partial charge >= 0.3 is 0 Å². The lowest BCUT2D eigenvalue weighted by atomic mass is 10.1. The number of nitrogens with one attached hydrogen (secondary N) is 3. The number of benzene rings is 4. The fourth-order valence-electron chi connectivity index (χ4n) is 4.26. The number of thiazole rings is 1. The van der Waals surface area contributed by atoms with Crippen molar-refractivity contribution in [3.05, 3.63) is 142 Å². The van der Waals surface area contributed by atoms with Crippen molar-refractivity contribution >= 4 is 63.4 Å². The Morgan fingerprint density at radius 1 is 0.891 bits per heavy atom. The number of aromatic nitrogens is 1. The first-order valence-electron chi connectivity index (χ1n) is 14.0. The van der Waals surface area contributed by atoms with E-state index in [0.29, 0.717) is 21.3 Å². The second-order valence-electron chi connectivity index (χ2n) is 9.83. The SMILES string of the molecule is CC(Sc1cccc(NC(=O)/C(=C\c2ccccc2[N+](=O)[O-])NC(=O)c2ccccc2)c1)C(=O)Nc1nc(-c2ccccc2)cs1. The van der Waals surface area contributed by atoms with E-state index in [4.69, 9.17) is 0 Å². The topological polar surface area (TPSA) is 143 Å². The molecule has 3 N–H and O–H groups in total. The molecule has 1 heterocycles. The van der Waals surface area contributed by atoms with Gasteiger partial charge in [-0.3, -0.25) is 24.5 Å². The number of hydrogen-bond donors (Lipinski definition) is 3. The Kier molecular flexibility index (Phi) is 10.3. The van der Waals surface area contributed by atoms with Gasteiger partial charge in [-0.05, 0) is 49.4 Å². The summed E-state index contributed by atoms with van der Waals surface area (Å²) in [4.78, 5) is 55.6. The molecule has 12 heteroatoms. The van der Waals surface area contributed by atoms with Gasteiger partial charge in [0.05, 0.1) is 21.4 Å². The zero-order valence-electron chi connectivity index (χ0n) is 24.4. The van der Waals surface area contributed by atoms with Gasteiger partial charge in [0.15, 0.2) is 5.13 Å². The first-order chi connectivity index (χ1) is 22.3. The molecule has 0 radical (unpaired) electrons. The molecule has 230 valence electrons. The molecule has 0 spiro atoms. The standard InChI is InChI=1S/C34H27N5O5S2/c1-22(31(40)38-34-37-29(21-45-34)23-11-4-2-5-12-23)46-27-17-10-16-26(20-27)35-33(42)28(36-32(41)24-13-6-3-7-14-24)19-25-15-8-9-18-30(25)39(43)44/h2-22H,1H3,(H,35,42)(H,36,41)(H,37,38,40)/b28-19+. The van der Waals surface area contributed by atoms with Crippen molar-refractivity contribution in [1.29, 1.82) is 0 Å². The third-order valence-electron chi connectivity index (χ3n) is 6.54. The molecule has 0 saturated heterocycles. The Balaban J connectivity index is 1.29. The number of anilines is 2. The summed E-state index contributed by atoms with van der Waals surface area (Å²) in [7, 11) is 0. The monoisotopic (exact) mass is 649 g/mol. The minimum absolute atomic E-state index is 0.145. The summed E-state index contributed by atoms with van der Waals surface area (Å²) in [5.41, 5.74) is 2.18. The van der Waals surface area contributed by atoms with E-state index < -0.39 is 22.0 Å². The molecular weight excluding hydrogens is 623 g/mol. The molecule has 0 aliphatic heterocycles. The van der Waals surface area contributed by atoms with Crippen LogP contribution in [0.1, 0.15) is 22.8 Å². The summed E-state index contributed by atoms with van der Waals surface area (Å²) >= 11 is 2.64. The molecule has 1 aromatic heterocycles. The number of nitrogens with zero attached hydrogens (tertiary/aromatic N) is 2. The van der Waals surface area contributed by atoms with Gasteiger partial charge in [-0.15, -0.1) is 23.1 Å². The van der Waals surface area contributed by atoms with Crippen LogP contribution in [0.25, 0.3) is 17.3 Å². The number of nitro benzene ring substituents is 1. The molecule has 1 atom stereocenters. The number of para-hydroxylation sites is 1. The van der Waals surface area contributed by atoms with Gasteiger partial charge in [0.25, 0.3) is 17.5 Å². The summed E-state index contributed by atoms with van der Waals surface area (Å²) in [6.07, 6.45) is 1.27. The van der Waals surface area contributed by atoms with Crippen molar-refractivity contribution < 1.29 is 19.3 Å². The quantitative estimate of drug-likeness (QED) is 0.0592. The van der Waals surface area contributed by atoms with Crippen LogP contribution < -0.4 is 16.0 Å². The Bertz CT molecular complexity index is 1910. The maximum atomic E-state index is 13.5. The highest BCUT2D eigenvalue weighted by molar-refractivity contribution is 8.00. The van der Waals surface area contributed by atoms with Crippen molar-refractivity contribution in [2.75, 3.05) is 10.6 Å². The van der Waals surface area contributed by atoms with Gasteiger partial charge in [-0.25, -0.2) is 4.98 Å². The van der Waals surface area contributed by atoms with Crippen LogP contribution in [0.2, 0.25) is 0 Å². The molecular formula is C34H27N5O5S2. The zero-order chi connectivity index (χ0) is 32.5. The average molecular weight is 650 g/mol. The van der Waals surface area contributed by atoms with Gasteiger partial charge in [-0.1, -0.05) is 66.7 Å². The number of hydrogen-bond acceptors (Lipinski definition) is 8. The number of carbonyl (C=O) groups excluding carboxylic acids is 3. The van der Waals surface area contributed by atoms with Crippen LogP contribution in [0.3, 0.4) is 0 Å². The Morgan fingerprint density at radius 3 is 2.33 bits per heavy atom. The summed E-state index contributed by atoms with van der Waals surface area (Å²) in [6, 6.07) is 30.8. The fraction of sp³-hybridized carbons (Fsp3) is 0.0588. The van der Waals surface area contributed by atoms with E-state index in [0.717, 1.165) is 11.3 Å². The van der Waals surface area contributed by atoms with E-state index in [1.807, 2.05) is 41.8 Å². The maximum absolute atomic E-state index is 13.5.